The molecule has 2 aliphatic heterocycles. The fraction of sp³-hybridized carbons (Fsp3) is 0.625. The summed E-state index contributed by atoms with van der Waals surface area (Å²) in [6.45, 7) is 5.12. The molecule has 0 spiro atoms. The van der Waals surface area contributed by atoms with E-state index in [1.807, 2.05) is 7.05 Å². The minimum Gasteiger partial charge on any atom is -0.487 e. The van der Waals surface area contributed by atoms with Gasteiger partial charge < -0.3 is 14.8 Å². The molecule has 2 heterocycles. The molecule has 3 rings (SSSR count). The van der Waals surface area contributed by atoms with Crippen molar-refractivity contribution < 1.29 is 9.47 Å². The van der Waals surface area contributed by atoms with E-state index in [-0.39, 0.29) is 11.7 Å². The molecule has 2 aliphatic rings. The molecule has 1 aromatic carbocycles. The first-order valence-electron chi connectivity index (χ1n) is 7.19. The predicted molar refractivity (Wildman–Crippen MR) is 75.6 cm³/mol. The van der Waals surface area contributed by atoms with Gasteiger partial charge in [0.2, 0.25) is 0 Å². The van der Waals surface area contributed by atoms with Gasteiger partial charge in [0.25, 0.3) is 0 Å². The second-order valence-corrected chi connectivity index (χ2v) is 6.24. The molecule has 0 aliphatic carbocycles. The summed E-state index contributed by atoms with van der Waals surface area (Å²) < 4.78 is 12.1. The smallest absolute Gasteiger partial charge is 0.129 e. The van der Waals surface area contributed by atoms with Crippen LogP contribution in [0.4, 0.5) is 0 Å². The minimum atomic E-state index is -0.0878. The largest absolute Gasteiger partial charge is 0.487 e. The zero-order valence-electron chi connectivity index (χ0n) is 12.0. The van der Waals surface area contributed by atoms with Crippen molar-refractivity contribution in [2.75, 3.05) is 13.7 Å². The Labute approximate surface area is 115 Å². The van der Waals surface area contributed by atoms with Crippen molar-refractivity contribution in [3.63, 3.8) is 0 Å². The molecule has 0 saturated carbocycles. The Bertz CT molecular complexity index is 470. The molecular weight excluding hydrogens is 238 g/mol. The molecule has 0 aromatic heterocycles. The van der Waals surface area contributed by atoms with Gasteiger partial charge in [-0.15, -0.1) is 0 Å². The third-order valence-electron chi connectivity index (χ3n) is 4.16. The van der Waals surface area contributed by atoms with E-state index in [0.717, 1.165) is 31.6 Å². The van der Waals surface area contributed by atoms with Crippen LogP contribution in [0.25, 0.3) is 0 Å². The first-order valence-corrected chi connectivity index (χ1v) is 7.19. The highest BCUT2D eigenvalue weighted by molar-refractivity contribution is 5.47. The van der Waals surface area contributed by atoms with E-state index < -0.39 is 0 Å². The van der Waals surface area contributed by atoms with E-state index in [4.69, 9.17) is 9.47 Å². The third kappa shape index (κ3) is 2.49. The van der Waals surface area contributed by atoms with Gasteiger partial charge in [-0.3, -0.25) is 0 Å². The second kappa shape index (κ2) is 4.80. The van der Waals surface area contributed by atoms with Crippen LogP contribution in [0.1, 0.15) is 43.9 Å². The van der Waals surface area contributed by atoms with Crippen molar-refractivity contribution in [1.82, 2.24) is 5.32 Å². The van der Waals surface area contributed by atoms with E-state index in [1.165, 1.54) is 11.1 Å². The van der Waals surface area contributed by atoms with Gasteiger partial charge in [-0.25, -0.2) is 0 Å². The average Bonchev–Trinajstić information content (AvgIpc) is 2.72. The predicted octanol–water partition coefficient (Wildman–Crippen LogP) is 2.84. The summed E-state index contributed by atoms with van der Waals surface area (Å²) in [6.07, 6.45) is 3.26. The maximum absolute atomic E-state index is 6.15. The van der Waals surface area contributed by atoms with Crippen LogP contribution >= 0.6 is 0 Å². The van der Waals surface area contributed by atoms with Crippen molar-refractivity contribution >= 4 is 0 Å². The van der Waals surface area contributed by atoms with Crippen LogP contribution in [0.3, 0.4) is 0 Å². The van der Waals surface area contributed by atoms with Crippen LogP contribution in [-0.2, 0) is 11.2 Å². The van der Waals surface area contributed by atoms with Gasteiger partial charge in [-0.1, -0.05) is 18.2 Å². The van der Waals surface area contributed by atoms with Crippen molar-refractivity contribution in [1.29, 1.82) is 0 Å². The van der Waals surface area contributed by atoms with Crippen molar-refractivity contribution in [2.24, 2.45) is 0 Å². The zero-order chi connectivity index (χ0) is 13.5. The Balaban J connectivity index is 1.88. The molecule has 1 aromatic rings. The molecule has 0 radical (unpaired) electrons. The fourth-order valence-corrected chi connectivity index (χ4v) is 3.17. The number of para-hydroxylation sites is 1. The van der Waals surface area contributed by atoms with Crippen LogP contribution in [0.5, 0.6) is 5.75 Å². The summed E-state index contributed by atoms with van der Waals surface area (Å²) in [6, 6.07) is 7.00. The van der Waals surface area contributed by atoms with Gasteiger partial charge in [-0.2, -0.15) is 0 Å². The lowest BCUT2D eigenvalue weighted by Crippen LogP contribution is -2.33. The van der Waals surface area contributed by atoms with Gasteiger partial charge in [0.05, 0.1) is 6.10 Å². The molecule has 19 heavy (non-hydrogen) atoms. The van der Waals surface area contributed by atoms with Gasteiger partial charge >= 0.3 is 0 Å². The Morgan fingerprint density at radius 3 is 2.95 bits per heavy atom. The number of hydrogen-bond acceptors (Lipinski definition) is 3. The topological polar surface area (TPSA) is 30.5 Å². The summed E-state index contributed by atoms with van der Waals surface area (Å²) in [5.74, 6) is 1.06. The lowest BCUT2D eigenvalue weighted by atomic mass is 9.94. The highest BCUT2D eigenvalue weighted by atomic mass is 16.5. The number of fused-ring (bicyclic) bond motifs is 1. The molecule has 0 bridgehead atoms. The van der Waals surface area contributed by atoms with Gasteiger partial charge in [-0.05, 0) is 39.3 Å². The van der Waals surface area contributed by atoms with Crippen LogP contribution in [0, 0.1) is 0 Å². The van der Waals surface area contributed by atoms with Gasteiger partial charge in [0, 0.05) is 24.6 Å². The normalized spacial score (nSPS) is 28.8. The highest BCUT2D eigenvalue weighted by Gasteiger charge is 2.34. The lowest BCUT2D eigenvalue weighted by Gasteiger charge is -2.30. The van der Waals surface area contributed by atoms with Crippen molar-refractivity contribution in [3.05, 3.63) is 29.3 Å². The maximum atomic E-state index is 6.15. The van der Waals surface area contributed by atoms with Crippen LogP contribution in [0.15, 0.2) is 18.2 Å². The molecule has 2 atom stereocenters. The first-order chi connectivity index (χ1) is 9.09. The fourth-order valence-electron chi connectivity index (χ4n) is 3.17. The summed E-state index contributed by atoms with van der Waals surface area (Å²) >= 11 is 0. The first kappa shape index (κ1) is 12.9. The third-order valence-corrected chi connectivity index (χ3v) is 4.16. The van der Waals surface area contributed by atoms with Crippen LogP contribution < -0.4 is 10.1 Å². The SMILES string of the molecule is CNC1CCOC(c2cccc3c2OC(C)(C)C3)C1. The number of benzene rings is 1. The molecule has 1 fully saturated rings. The Hall–Kier alpha value is -1.06. The second-order valence-electron chi connectivity index (χ2n) is 6.24. The Kier molecular flexibility index (Phi) is 3.27. The lowest BCUT2D eigenvalue weighted by molar-refractivity contribution is -0.00102. The molecule has 1 saturated heterocycles. The summed E-state index contributed by atoms with van der Waals surface area (Å²) in [4.78, 5) is 0. The molecule has 3 nitrogen and oxygen atoms in total. The highest BCUT2D eigenvalue weighted by Crippen LogP contribution is 2.42. The van der Waals surface area contributed by atoms with Crippen molar-refractivity contribution in [3.8, 4) is 5.75 Å². The van der Waals surface area contributed by atoms with E-state index in [1.54, 1.807) is 0 Å². The Morgan fingerprint density at radius 1 is 1.32 bits per heavy atom. The van der Waals surface area contributed by atoms with Gasteiger partial charge in [0.1, 0.15) is 11.4 Å². The van der Waals surface area contributed by atoms with Crippen molar-refractivity contribution in [2.45, 2.75) is 50.9 Å². The summed E-state index contributed by atoms with van der Waals surface area (Å²) in [5, 5.41) is 3.37. The molecule has 3 heteroatoms. The quantitative estimate of drug-likeness (QED) is 0.888. The minimum absolute atomic E-state index is 0.0878. The molecular formula is C16H23NO2. The average molecular weight is 261 g/mol. The summed E-state index contributed by atoms with van der Waals surface area (Å²) in [7, 11) is 2.03. The Morgan fingerprint density at radius 2 is 2.16 bits per heavy atom. The van der Waals surface area contributed by atoms with Gasteiger partial charge in [0.15, 0.2) is 0 Å². The number of ether oxygens (including phenoxy) is 2. The maximum Gasteiger partial charge on any atom is 0.129 e. The van der Waals surface area contributed by atoms with E-state index in [2.05, 4.69) is 37.4 Å². The van der Waals surface area contributed by atoms with Crippen LogP contribution in [0.2, 0.25) is 0 Å². The number of nitrogens with one attached hydrogen (secondary N) is 1. The van der Waals surface area contributed by atoms with E-state index >= 15 is 0 Å². The summed E-state index contributed by atoms with van der Waals surface area (Å²) in [5.41, 5.74) is 2.45. The molecule has 0 amide bonds. The molecule has 2 unspecified atom stereocenters. The molecule has 1 N–H and O–H groups in total. The van der Waals surface area contributed by atoms with Crippen LogP contribution in [-0.4, -0.2) is 25.3 Å². The zero-order valence-corrected chi connectivity index (χ0v) is 12.0. The molecule has 104 valence electrons. The van der Waals surface area contributed by atoms with E-state index in [0.29, 0.717) is 6.04 Å². The standard InChI is InChI=1S/C16H23NO2/c1-16(2)10-11-5-4-6-13(15(11)19-16)14-9-12(17-3)7-8-18-14/h4-6,12,14,17H,7-10H2,1-3H3. The number of hydrogen-bond donors (Lipinski definition) is 1. The van der Waals surface area contributed by atoms with E-state index in [9.17, 15) is 0 Å². The monoisotopic (exact) mass is 261 g/mol. The number of rotatable bonds is 2.